The zero-order valence-electron chi connectivity index (χ0n) is 13.8. The van der Waals surface area contributed by atoms with Crippen molar-refractivity contribution < 1.29 is 19.4 Å². The highest BCUT2D eigenvalue weighted by molar-refractivity contribution is 5.90. The number of likely N-dealkylation sites (tertiary alicyclic amines) is 1. The average molecular weight is 308 g/mol. The fourth-order valence-electron chi connectivity index (χ4n) is 2.91. The lowest BCUT2D eigenvalue weighted by molar-refractivity contribution is -0.132. The first-order valence-corrected chi connectivity index (χ1v) is 7.37. The molecule has 2 aliphatic heterocycles. The van der Waals surface area contributed by atoms with Crippen molar-refractivity contribution in [1.29, 1.82) is 0 Å². The van der Waals surface area contributed by atoms with E-state index in [0.29, 0.717) is 13.1 Å². The SMILES string of the molecule is CC(C)(C)OC(=O)N1CC2=CC(C(=O)O)=CNC2C(C)(C)C1. The van der Waals surface area contributed by atoms with Gasteiger partial charge in [-0.25, -0.2) is 9.59 Å². The van der Waals surface area contributed by atoms with Crippen LogP contribution < -0.4 is 5.32 Å². The van der Waals surface area contributed by atoms with E-state index in [9.17, 15) is 9.59 Å². The number of hydrogen-bond donors (Lipinski definition) is 2. The van der Waals surface area contributed by atoms with Crippen molar-refractivity contribution in [3.8, 4) is 0 Å². The Morgan fingerprint density at radius 2 is 2.05 bits per heavy atom. The van der Waals surface area contributed by atoms with Crippen LogP contribution in [-0.2, 0) is 9.53 Å². The minimum Gasteiger partial charge on any atom is -0.478 e. The first-order valence-electron chi connectivity index (χ1n) is 7.37. The quantitative estimate of drug-likeness (QED) is 0.776. The van der Waals surface area contributed by atoms with E-state index < -0.39 is 11.6 Å². The Labute approximate surface area is 130 Å². The fraction of sp³-hybridized carbons (Fsp3) is 0.625. The molecule has 6 heteroatoms. The molecule has 0 saturated carbocycles. The molecule has 0 aromatic carbocycles. The molecule has 2 N–H and O–H groups in total. The number of aliphatic carboxylic acids is 1. The summed E-state index contributed by atoms with van der Waals surface area (Å²) < 4.78 is 5.43. The first-order chi connectivity index (χ1) is 9.99. The minimum atomic E-state index is -0.981. The van der Waals surface area contributed by atoms with Crippen molar-refractivity contribution in [2.24, 2.45) is 5.41 Å². The third-order valence-electron chi connectivity index (χ3n) is 3.77. The number of piperidine rings is 1. The molecular formula is C16H24N2O4. The Kier molecular flexibility index (Phi) is 3.98. The lowest BCUT2D eigenvalue weighted by Gasteiger charge is -2.47. The van der Waals surface area contributed by atoms with Crippen LogP contribution >= 0.6 is 0 Å². The van der Waals surface area contributed by atoms with E-state index in [2.05, 4.69) is 19.2 Å². The Balaban J connectivity index is 2.23. The van der Waals surface area contributed by atoms with Crippen LogP contribution in [0.4, 0.5) is 4.79 Å². The van der Waals surface area contributed by atoms with Gasteiger partial charge in [0.15, 0.2) is 0 Å². The largest absolute Gasteiger partial charge is 0.478 e. The summed E-state index contributed by atoms with van der Waals surface area (Å²) in [6.45, 7) is 10.5. The molecule has 122 valence electrons. The summed E-state index contributed by atoms with van der Waals surface area (Å²) in [6, 6.07) is 0.0225. The average Bonchev–Trinajstić information content (AvgIpc) is 2.35. The van der Waals surface area contributed by atoms with Gasteiger partial charge < -0.3 is 20.1 Å². The third-order valence-corrected chi connectivity index (χ3v) is 3.77. The molecule has 1 fully saturated rings. The molecule has 0 bridgehead atoms. The Morgan fingerprint density at radius 1 is 1.41 bits per heavy atom. The standard InChI is InChI=1S/C16H24N2O4/c1-15(2,3)22-14(21)18-8-11-6-10(13(19)20)7-17-12(11)16(4,5)9-18/h6-7,12,17H,8-9H2,1-5H3,(H,19,20). The van der Waals surface area contributed by atoms with E-state index in [4.69, 9.17) is 9.84 Å². The highest BCUT2D eigenvalue weighted by atomic mass is 16.6. The molecule has 6 nitrogen and oxygen atoms in total. The maximum atomic E-state index is 12.3. The lowest BCUT2D eigenvalue weighted by atomic mass is 9.75. The first kappa shape index (κ1) is 16.4. The van der Waals surface area contributed by atoms with Crippen LogP contribution in [-0.4, -0.2) is 46.8 Å². The molecule has 0 spiro atoms. The molecule has 0 aromatic rings. The van der Waals surface area contributed by atoms with Gasteiger partial charge in [-0.05, 0) is 32.4 Å². The predicted molar refractivity (Wildman–Crippen MR) is 82.3 cm³/mol. The molecular weight excluding hydrogens is 284 g/mol. The second kappa shape index (κ2) is 5.34. The van der Waals surface area contributed by atoms with Crippen molar-refractivity contribution in [1.82, 2.24) is 10.2 Å². The summed E-state index contributed by atoms with van der Waals surface area (Å²) in [7, 11) is 0. The van der Waals surface area contributed by atoms with Crippen molar-refractivity contribution in [3.05, 3.63) is 23.4 Å². The van der Waals surface area contributed by atoms with E-state index in [1.807, 2.05) is 20.8 Å². The molecule has 0 aromatic heterocycles. The number of carbonyl (C=O) groups is 2. The summed E-state index contributed by atoms with van der Waals surface area (Å²) in [4.78, 5) is 25.1. The number of amides is 1. The van der Waals surface area contributed by atoms with E-state index in [1.54, 1.807) is 11.0 Å². The summed E-state index contributed by atoms with van der Waals surface area (Å²) in [5.74, 6) is -0.981. The van der Waals surface area contributed by atoms with E-state index >= 15 is 0 Å². The summed E-state index contributed by atoms with van der Waals surface area (Å²) in [5, 5.41) is 12.3. The van der Waals surface area contributed by atoms with Gasteiger partial charge in [0.1, 0.15) is 5.60 Å². The third kappa shape index (κ3) is 3.43. The molecule has 1 atom stereocenters. The molecule has 22 heavy (non-hydrogen) atoms. The molecule has 0 radical (unpaired) electrons. The second-order valence-corrected chi connectivity index (χ2v) is 7.55. The monoisotopic (exact) mass is 308 g/mol. The van der Waals surface area contributed by atoms with E-state index in [-0.39, 0.29) is 23.1 Å². The molecule has 2 heterocycles. The molecule has 1 unspecified atom stereocenters. The van der Waals surface area contributed by atoms with Crippen molar-refractivity contribution >= 4 is 12.1 Å². The zero-order valence-corrected chi connectivity index (χ0v) is 13.8. The van der Waals surface area contributed by atoms with Crippen LogP contribution in [0.5, 0.6) is 0 Å². The smallest absolute Gasteiger partial charge is 0.410 e. The highest BCUT2D eigenvalue weighted by Crippen LogP contribution is 2.35. The van der Waals surface area contributed by atoms with Crippen molar-refractivity contribution in [2.75, 3.05) is 13.1 Å². The lowest BCUT2D eigenvalue weighted by Crippen LogP contribution is -2.57. The van der Waals surface area contributed by atoms with Crippen LogP contribution in [0.15, 0.2) is 23.4 Å². The molecule has 2 aliphatic rings. The Hall–Kier alpha value is -1.98. The Bertz CT molecular complexity index is 555. The maximum Gasteiger partial charge on any atom is 0.410 e. The highest BCUT2D eigenvalue weighted by Gasteiger charge is 2.42. The van der Waals surface area contributed by atoms with Gasteiger partial charge >= 0.3 is 12.1 Å². The van der Waals surface area contributed by atoms with Crippen LogP contribution in [0.3, 0.4) is 0 Å². The number of dihydropyridines is 1. The second-order valence-electron chi connectivity index (χ2n) is 7.55. The van der Waals surface area contributed by atoms with Crippen molar-refractivity contribution in [2.45, 2.75) is 46.3 Å². The summed E-state index contributed by atoms with van der Waals surface area (Å²) >= 11 is 0. The maximum absolute atomic E-state index is 12.3. The zero-order chi connectivity index (χ0) is 16.7. The number of ether oxygens (including phenoxy) is 1. The van der Waals surface area contributed by atoms with Gasteiger partial charge in [0, 0.05) is 24.7 Å². The molecule has 0 aliphatic carbocycles. The number of carbonyl (C=O) groups excluding carboxylic acids is 1. The van der Waals surface area contributed by atoms with Gasteiger partial charge in [0.25, 0.3) is 0 Å². The number of nitrogens with zero attached hydrogens (tertiary/aromatic N) is 1. The number of fused-ring (bicyclic) bond motifs is 1. The fourth-order valence-corrected chi connectivity index (χ4v) is 2.91. The van der Waals surface area contributed by atoms with Crippen LogP contribution in [0.1, 0.15) is 34.6 Å². The van der Waals surface area contributed by atoms with E-state index in [0.717, 1.165) is 5.57 Å². The Morgan fingerprint density at radius 3 is 2.59 bits per heavy atom. The van der Waals surface area contributed by atoms with Gasteiger partial charge in [-0.1, -0.05) is 13.8 Å². The minimum absolute atomic E-state index is 0.0225. The van der Waals surface area contributed by atoms with Crippen LogP contribution in [0, 0.1) is 5.41 Å². The summed E-state index contributed by atoms with van der Waals surface area (Å²) in [5.41, 5.74) is 0.320. The van der Waals surface area contributed by atoms with E-state index in [1.165, 1.54) is 6.20 Å². The number of rotatable bonds is 1. The molecule has 1 saturated heterocycles. The number of nitrogens with one attached hydrogen (secondary N) is 1. The normalized spacial score (nSPS) is 23.7. The topological polar surface area (TPSA) is 78.9 Å². The van der Waals surface area contributed by atoms with Gasteiger partial charge in [-0.2, -0.15) is 0 Å². The molecule has 2 rings (SSSR count). The van der Waals surface area contributed by atoms with Gasteiger partial charge in [0.05, 0.1) is 11.6 Å². The van der Waals surface area contributed by atoms with Crippen LogP contribution in [0.2, 0.25) is 0 Å². The summed E-state index contributed by atoms with van der Waals surface area (Å²) in [6.07, 6.45) is 2.81. The number of carboxylic acids is 1. The van der Waals surface area contributed by atoms with Crippen LogP contribution in [0.25, 0.3) is 0 Å². The predicted octanol–water partition coefficient (Wildman–Crippen LogP) is 2.13. The van der Waals surface area contributed by atoms with Gasteiger partial charge in [0.2, 0.25) is 0 Å². The number of hydrogen-bond acceptors (Lipinski definition) is 4. The van der Waals surface area contributed by atoms with Gasteiger partial charge in [-0.15, -0.1) is 0 Å². The van der Waals surface area contributed by atoms with Crippen molar-refractivity contribution in [3.63, 3.8) is 0 Å². The van der Waals surface area contributed by atoms with Gasteiger partial charge in [-0.3, -0.25) is 0 Å². The molecule has 1 amide bonds. The number of carboxylic acid groups (broad SMARTS) is 1.